The van der Waals surface area contributed by atoms with E-state index in [1.54, 1.807) is 0 Å². The van der Waals surface area contributed by atoms with Crippen molar-refractivity contribution in [1.29, 1.82) is 0 Å². The largest absolute Gasteiger partial charge is 0.310 e. The van der Waals surface area contributed by atoms with Crippen LogP contribution in [0.2, 0.25) is 0 Å². The van der Waals surface area contributed by atoms with Gasteiger partial charge in [-0.15, -0.1) is 0 Å². The summed E-state index contributed by atoms with van der Waals surface area (Å²) in [5.41, 5.74) is 1.31. The number of hydrogen-bond acceptors (Lipinski definition) is 3. The summed E-state index contributed by atoms with van der Waals surface area (Å²) in [7, 11) is 0. The molecular weight excluding hydrogens is 204 g/mol. The van der Waals surface area contributed by atoms with Gasteiger partial charge in [0.2, 0.25) is 0 Å². The zero-order valence-corrected chi connectivity index (χ0v) is 10.4. The Morgan fingerprint density at radius 2 is 2.07 bits per heavy atom. The van der Waals surface area contributed by atoms with E-state index in [1.807, 2.05) is 24.2 Å². The lowest BCUT2D eigenvalue weighted by molar-refractivity contribution is 0.555. The molecule has 0 saturated carbocycles. The fourth-order valence-corrected chi connectivity index (χ4v) is 1.95. The number of nitrogens with one attached hydrogen (secondary N) is 1. The fraction of sp³-hybridized carbons (Fsp3) is 0.583. The highest BCUT2D eigenvalue weighted by atomic mass is 32.2. The molecule has 0 radical (unpaired) electrons. The molecule has 0 aliphatic carbocycles. The number of pyridine rings is 1. The Bertz CT molecular complexity index is 251. The third kappa shape index (κ3) is 5.19. The normalized spacial score (nSPS) is 12.7. The van der Waals surface area contributed by atoms with Crippen molar-refractivity contribution in [3.8, 4) is 0 Å². The molecule has 1 aromatic heterocycles. The van der Waals surface area contributed by atoms with Crippen LogP contribution in [0.5, 0.6) is 0 Å². The van der Waals surface area contributed by atoms with Gasteiger partial charge in [0.25, 0.3) is 0 Å². The van der Waals surface area contributed by atoms with Crippen molar-refractivity contribution < 1.29 is 0 Å². The van der Waals surface area contributed by atoms with Gasteiger partial charge in [-0.25, -0.2) is 0 Å². The second-order valence-electron chi connectivity index (χ2n) is 3.66. The van der Waals surface area contributed by atoms with Gasteiger partial charge in [0.15, 0.2) is 0 Å². The van der Waals surface area contributed by atoms with Gasteiger partial charge >= 0.3 is 0 Å². The number of hydrogen-bond donors (Lipinski definition) is 1. The van der Waals surface area contributed by atoms with Gasteiger partial charge in [-0.1, -0.05) is 0 Å². The quantitative estimate of drug-likeness (QED) is 0.721. The van der Waals surface area contributed by atoms with Gasteiger partial charge < -0.3 is 5.32 Å². The van der Waals surface area contributed by atoms with Gasteiger partial charge in [-0.3, -0.25) is 4.98 Å². The molecule has 1 rings (SSSR count). The minimum atomic E-state index is 0.433. The van der Waals surface area contributed by atoms with Crippen LogP contribution in [-0.2, 0) is 0 Å². The summed E-state index contributed by atoms with van der Waals surface area (Å²) >= 11 is 1.92. The minimum Gasteiger partial charge on any atom is -0.310 e. The lowest BCUT2D eigenvalue weighted by atomic mass is 10.1. The van der Waals surface area contributed by atoms with E-state index in [-0.39, 0.29) is 0 Å². The molecular formula is C12H20N2S. The maximum Gasteiger partial charge on any atom is 0.0292 e. The molecule has 3 heteroatoms. The third-order valence-electron chi connectivity index (χ3n) is 2.43. The van der Waals surface area contributed by atoms with E-state index in [2.05, 4.69) is 35.6 Å². The first-order valence-corrected chi connectivity index (χ1v) is 6.86. The Labute approximate surface area is 96.9 Å². The van der Waals surface area contributed by atoms with Gasteiger partial charge in [0.1, 0.15) is 0 Å². The molecule has 84 valence electrons. The Kier molecular flexibility index (Phi) is 6.44. The van der Waals surface area contributed by atoms with Crippen molar-refractivity contribution in [1.82, 2.24) is 10.3 Å². The van der Waals surface area contributed by atoms with Crippen LogP contribution in [0.1, 0.15) is 31.4 Å². The van der Waals surface area contributed by atoms with Crippen LogP contribution in [0.3, 0.4) is 0 Å². The minimum absolute atomic E-state index is 0.433. The number of rotatable bonds is 7. The van der Waals surface area contributed by atoms with E-state index in [9.17, 15) is 0 Å². The molecule has 0 aliphatic rings. The molecule has 1 atom stereocenters. The Morgan fingerprint density at radius 3 is 2.73 bits per heavy atom. The predicted octanol–water partition coefficient (Wildman–Crippen LogP) is 2.88. The van der Waals surface area contributed by atoms with Crippen LogP contribution in [0, 0.1) is 0 Å². The maximum atomic E-state index is 4.02. The van der Waals surface area contributed by atoms with Gasteiger partial charge in [0.05, 0.1) is 0 Å². The van der Waals surface area contributed by atoms with Crippen molar-refractivity contribution in [3.05, 3.63) is 30.1 Å². The summed E-state index contributed by atoms with van der Waals surface area (Å²) in [5.74, 6) is 1.27. The molecule has 0 bridgehead atoms. The van der Waals surface area contributed by atoms with E-state index < -0.39 is 0 Å². The number of nitrogens with zero attached hydrogens (tertiary/aromatic N) is 1. The zero-order valence-electron chi connectivity index (χ0n) is 9.57. The lowest BCUT2D eigenvalue weighted by Crippen LogP contribution is -2.19. The summed E-state index contributed by atoms with van der Waals surface area (Å²) in [6, 6.07) is 4.57. The molecule has 0 aliphatic heterocycles. The molecule has 15 heavy (non-hydrogen) atoms. The summed E-state index contributed by atoms with van der Waals surface area (Å²) in [6.07, 6.45) is 8.42. The molecule has 1 aromatic rings. The van der Waals surface area contributed by atoms with Crippen molar-refractivity contribution >= 4 is 11.8 Å². The number of aromatic nitrogens is 1. The average molecular weight is 224 g/mol. The highest BCUT2D eigenvalue weighted by molar-refractivity contribution is 7.98. The number of unbranched alkanes of at least 4 members (excludes halogenated alkanes) is 1. The van der Waals surface area contributed by atoms with Gasteiger partial charge in [-0.2, -0.15) is 11.8 Å². The topological polar surface area (TPSA) is 24.9 Å². The Morgan fingerprint density at radius 1 is 1.33 bits per heavy atom. The molecule has 1 heterocycles. The van der Waals surface area contributed by atoms with E-state index in [1.165, 1.54) is 24.2 Å². The van der Waals surface area contributed by atoms with E-state index >= 15 is 0 Å². The highest BCUT2D eigenvalue weighted by Gasteiger charge is 2.02. The first-order valence-electron chi connectivity index (χ1n) is 5.47. The zero-order chi connectivity index (χ0) is 10.9. The van der Waals surface area contributed by atoms with Crippen molar-refractivity contribution in [2.45, 2.75) is 25.8 Å². The SMILES string of the molecule is CSCCCCN[C@@H](C)c1ccncc1. The van der Waals surface area contributed by atoms with Crippen molar-refractivity contribution in [2.24, 2.45) is 0 Å². The van der Waals surface area contributed by atoms with Gasteiger partial charge in [-0.05, 0) is 56.0 Å². The summed E-state index contributed by atoms with van der Waals surface area (Å²) in [6.45, 7) is 3.30. The first-order chi connectivity index (χ1) is 7.34. The molecule has 0 amide bonds. The Hall–Kier alpha value is -0.540. The van der Waals surface area contributed by atoms with E-state index in [0.717, 1.165) is 6.54 Å². The van der Waals surface area contributed by atoms with Gasteiger partial charge in [0, 0.05) is 18.4 Å². The second-order valence-corrected chi connectivity index (χ2v) is 4.64. The fourth-order valence-electron chi connectivity index (χ4n) is 1.46. The summed E-state index contributed by atoms with van der Waals surface area (Å²) < 4.78 is 0. The lowest BCUT2D eigenvalue weighted by Gasteiger charge is -2.13. The molecule has 0 fully saturated rings. The third-order valence-corrected chi connectivity index (χ3v) is 3.13. The highest BCUT2D eigenvalue weighted by Crippen LogP contribution is 2.10. The second kappa shape index (κ2) is 7.71. The van der Waals surface area contributed by atoms with Crippen LogP contribution < -0.4 is 5.32 Å². The standard InChI is InChI=1S/C12H20N2S/c1-11(12-5-8-13-9-6-12)14-7-3-4-10-15-2/h5-6,8-9,11,14H,3-4,7,10H2,1-2H3/t11-/m0/s1. The van der Waals surface area contributed by atoms with Crippen LogP contribution in [0.15, 0.2) is 24.5 Å². The van der Waals surface area contributed by atoms with E-state index in [0.29, 0.717) is 6.04 Å². The number of thioether (sulfide) groups is 1. The molecule has 0 unspecified atom stereocenters. The molecule has 0 saturated heterocycles. The smallest absolute Gasteiger partial charge is 0.0292 e. The molecule has 1 N–H and O–H groups in total. The Balaban J connectivity index is 2.16. The summed E-state index contributed by atoms with van der Waals surface area (Å²) in [5, 5.41) is 3.52. The summed E-state index contributed by atoms with van der Waals surface area (Å²) in [4.78, 5) is 4.02. The predicted molar refractivity (Wildman–Crippen MR) is 68.3 cm³/mol. The van der Waals surface area contributed by atoms with Crippen LogP contribution in [-0.4, -0.2) is 23.5 Å². The van der Waals surface area contributed by atoms with Crippen LogP contribution in [0.4, 0.5) is 0 Å². The molecule has 0 aromatic carbocycles. The van der Waals surface area contributed by atoms with Crippen LogP contribution in [0.25, 0.3) is 0 Å². The van der Waals surface area contributed by atoms with Crippen molar-refractivity contribution in [2.75, 3.05) is 18.6 Å². The first kappa shape index (κ1) is 12.5. The van der Waals surface area contributed by atoms with Crippen LogP contribution >= 0.6 is 11.8 Å². The monoisotopic (exact) mass is 224 g/mol. The van der Waals surface area contributed by atoms with Crippen molar-refractivity contribution in [3.63, 3.8) is 0 Å². The maximum absolute atomic E-state index is 4.02. The van der Waals surface area contributed by atoms with E-state index in [4.69, 9.17) is 0 Å². The average Bonchev–Trinajstić information content (AvgIpc) is 2.30. The molecule has 0 spiro atoms. The molecule has 2 nitrogen and oxygen atoms in total.